The number of hydrogen-bond donors (Lipinski definition) is 0. The van der Waals surface area contributed by atoms with Crippen LogP contribution in [0.3, 0.4) is 0 Å². The van der Waals surface area contributed by atoms with Crippen molar-refractivity contribution in [2.45, 2.75) is 24.7 Å². The van der Waals surface area contributed by atoms with E-state index in [-0.39, 0.29) is 5.82 Å². The van der Waals surface area contributed by atoms with E-state index in [1.807, 2.05) is 12.1 Å². The van der Waals surface area contributed by atoms with E-state index in [0.717, 1.165) is 5.92 Å². The van der Waals surface area contributed by atoms with E-state index in [1.165, 1.54) is 24.8 Å². The van der Waals surface area contributed by atoms with Crippen molar-refractivity contribution in [1.29, 1.82) is 0 Å². The highest BCUT2D eigenvalue weighted by molar-refractivity contribution is 5.34. The molecule has 0 heterocycles. The lowest BCUT2D eigenvalue weighted by Crippen LogP contribution is -2.55. The van der Waals surface area contributed by atoms with Gasteiger partial charge in [-0.05, 0) is 48.3 Å². The molecule has 3 aliphatic carbocycles. The summed E-state index contributed by atoms with van der Waals surface area (Å²) in [6.07, 6.45) is 4.04. The van der Waals surface area contributed by atoms with Gasteiger partial charge in [-0.25, -0.2) is 4.39 Å². The van der Waals surface area contributed by atoms with Gasteiger partial charge in [0.25, 0.3) is 0 Å². The van der Waals surface area contributed by atoms with Crippen LogP contribution in [0.4, 0.5) is 4.39 Å². The van der Waals surface area contributed by atoms with Crippen LogP contribution in [0.15, 0.2) is 24.3 Å². The molecule has 0 aromatic heterocycles. The highest BCUT2D eigenvalue weighted by Gasteiger charge is 2.57. The molecule has 0 saturated heterocycles. The zero-order chi connectivity index (χ0) is 8.18. The van der Waals surface area contributed by atoms with Crippen molar-refractivity contribution >= 4 is 0 Å². The van der Waals surface area contributed by atoms with Gasteiger partial charge in [0.15, 0.2) is 0 Å². The summed E-state index contributed by atoms with van der Waals surface area (Å²) in [6.45, 7) is 0. The van der Waals surface area contributed by atoms with Crippen molar-refractivity contribution < 1.29 is 4.39 Å². The number of hydrogen-bond acceptors (Lipinski definition) is 0. The Morgan fingerprint density at radius 3 is 2.08 bits per heavy atom. The van der Waals surface area contributed by atoms with Crippen LogP contribution in [0.5, 0.6) is 0 Å². The maximum absolute atomic E-state index is 12.6. The Hall–Kier alpha value is -0.850. The lowest BCUT2D eigenvalue weighted by molar-refractivity contribution is -0.0274. The first-order valence-corrected chi connectivity index (χ1v) is 4.55. The van der Waals surface area contributed by atoms with Gasteiger partial charge in [-0.3, -0.25) is 0 Å². The minimum Gasteiger partial charge on any atom is -0.207 e. The molecule has 4 rings (SSSR count). The highest BCUT2D eigenvalue weighted by atomic mass is 19.1. The van der Waals surface area contributed by atoms with Gasteiger partial charge in [0.1, 0.15) is 5.82 Å². The van der Waals surface area contributed by atoms with Crippen LogP contribution in [-0.4, -0.2) is 0 Å². The molecule has 0 amide bonds. The summed E-state index contributed by atoms with van der Waals surface area (Å²) in [7, 11) is 0. The molecule has 0 spiro atoms. The van der Waals surface area contributed by atoms with E-state index in [1.54, 1.807) is 12.1 Å². The van der Waals surface area contributed by atoms with Crippen LogP contribution in [0, 0.1) is 11.7 Å². The minimum atomic E-state index is -0.120. The third-order valence-electron chi connectivity index (χ3n) is 3.49. The van der Waals surface area contributed by atoms with Gasteiger partial charge in [0.05, 0.1) is 0 Å². The average molecular weight is 162 g/mol. The molecule has 3 saturated carbocycles. The first-order chi connectivity index (χ1) is 5.78. The Bertz CT molecular complexity index is 295. The van der Waals surface area contributed by atoms with Crippen LogP contribution in [0.2, 0.25) is 0 Å². The van der Waals surface area contributed by atoms with E-state index >= 15 is 0 Å². The second-order valence-electron chi connectivity index (χ2n) is 4.27. The van der Waals surface area contributed by atoms with Crippen molar-refractivity contribution in [3.05, 3.63) is 35.6 Å². The first kappa shape index (κ1) is 6.64. The Morgan fingerprint density at radius 1 is 1.08 bits per heavy atom. The van der Waals surface area contributed by atoms with Crippen LogP contribution in [-0.2, 0) is 5.41 Å². The molecule has 1 aromatic carbocycles. The third kappa shape index (κ3) is 0.669. The summed E-state index contributed by atoms with van der Waals surface area (Å²) in [5, 5.41) is 0. The summed E-state index contributed by atoms with van der Waals surface area (Å²) in [5.74, 6) is 0.875. The largest absolute Gasteiger partial charge is 0.207 e. The standard InChI is InChI=1S/C11H11F/c12-10-3-1-9(2-4-10)11-5-8(6-11)7-11/h1-4,8H,5-7H2. The van der Waals surface area contributed by atoms with Gasteiger partial charge < -0.3 is 0 Å². The molecule has 0 atom stereocenters. The lowest BCUT2D eigenvalue weighted by atomic mass is 9.42. The summed E-state index contributed by atoms with van der Waals surface area (Å²) in [6, 6.07) is 7.06. The second-order valence-corrected chi connectivity index (χ2v) is 4.27. The third-order valence-corrected chi connectivity index (χ3v) is 3.49. The normalized spacial score (nSPS) is 36.9. The van der Waals surface area contributed by atoms with Crippen molar-refractivity contribution in [3.8, 4) is 0 Å². The zero-order valence-electron chi connectivity index (χ0n) is 6.89. The zero-order valence-corrected chi connectivity index (χ0v) is 6.89. The molecule has 3 fully saturated rings. The van der Waals surface area contributed by atoms with Crippen molar-refractivity contribution in [3.63, 3.8) is 0 Å². The number of rotatable bonds is 1. The fourth-order valence-electron chi connectivity index (χ4n) is 2.64. The van der Waals surface area contributed by atoms with Crippen molar-refractivity contribution in [1.82, 2.24) is 0 Å². The van der Waals surface area contributed by atoms with Crippen LogP contribution in [0.25, 0.3) is 0 Å². The summed E-state index contributed by atoms with van der Waals surface area (Å²) in [4.78, 5) is 0. The second kappa shape index (κ2) is 1.90. The molecule has 0 nitrogen and oxygen atoms in total. The lowest BCUT2D eigenvalue weighted by Gasteiger charge is -2.62. The topological polar surface area (TPSA) is 0 Å². The van der Waals surface area contributed by atoms with Gasteiger partial charge >= 0.3 is 0 Å². The predicted octanol–water partition coefficient (Wildman–Crippen LogP) is 2.88. The summed E-state index contributed by atoms with van der Waals surface area (Å²) >= 11 is 0. The maximum atomic E-state index is 12.6. The molecule has 62 valence electrons. The first-order valence-electron chi connectivity index (χ1n) is 4.55. The molecular weight excluding hydrogens is 151 g/mol. The monoisotopic (exact) mass is 162 g/mol. The van der Waals surface area contributed by atoms with Crippen LogP contribution < -0.4 is 0 Å². The molecule has 0 N–H and O–H groups in total. The Balaban J connectivity index is 1.96. The van der Waals surface area contributed by atoms with Crippen molar-refractivity contribution in [2.24, 2.45) is 5.92 Å². The Kier molecular flexibility index (Phi) is 1.05. The van der Waals surface area contributed by atoms with E-state index < -0.39 is 0 Å². The smallest absolute Gasteiger partial charge is 0.123 e. The minimum absolute atomic E-state index is 0.120. The van der Waals surface area contributed by atoms with Gasteiger partial charge in [0.2, 0.25) is 0 Å². The van der Waals surface area contributed by atoms with Gasteiger partial charge in [-0.15, -0.1) is 0 Å². The Labute approximate surface area is 71.4 Å². The molecule has 0 radical (unpaired) electrons. The summed E-state index contributed by atoms with van der Waals surface area (Å²) in [5.41, 5.74) is 1.84. The molecule has 2 bridgehead atoms. The van der Waals surface area contributed by atoms with E-state index in [4.69, 9.17) is 0 Å². The average Bonchev–Trinajstić information content (AvgIpc) is 1.87. The van der Waals surface area contributed by atoms with Crippen molar-refractivity contribution in [2.75, 3.05) is 0 Å². The molecule has 1 heteroatoms. The quantitative estimate of drug-likeness (QED) is 0.595. The van der Waals surface area contributed by atoms with Gasteiger partial charge in [-0.2, -0.15) is 0 Å². The number of halogens is 1. The van der Waals surface area contributed by atoms with Gasteiger partial charge in [0, 0.05) is 0 Å². The maximum Gasteiger partial charge on any atom is 0.123 e. The fraction of sp³-hybridized carbons (Fsp3) is 0.455. The molecule has 12 heavy (non-hydrogen) atoms. The SMILES string of the molecule is Fc1ccc(C23CC(C2)C3)cc1. The van der Waals surface area contributed by atoms with E-state index in [2.05, 4.69) is 0 Å². The Morgan fingerprint density at radius 2 is 1.67 bits per heavy atom. The van der Waals surface area contributed by atoms with E-state index in [9.17, 15) is 4.39 Å². The molecular formula is C11H11F. The molecule has 0 unspecified atom stereocenters. The molecule has 0 aliphatic heterocycles. The molecule has 3 aliphatic rings. The van der Waals surface area contributed by atoms with E-state index in [0.29, 0.717) is 5.41 Å². The molecule has 1 aromatic rings. The van der Waals surface area contributed by atoms with Crippen LogP contribution >= 0.6 is 0 Å². The fourth-order valence-corrected chi connectivity index (χ4v) is 2.64. The van der Waals surface area contributed by atoms with Crippen LogP contribution in [0.1, 0.15) is 24.8 Å². The summed E-state index contributed by atoms with van der Waals surface area (Å²) < 4.78 is 12.6. The highest BCUT2D eigenvalue weighted by Crippen LogP contribution is 2.64. The van der Waals surface area contributed by atoms with Gasteiger partial charge in [-0.1, -0.05) is 12.1 Å². The predicted molar refractivity (Wildman–Crippen MR) is 45.4 cm³/mol. The number of benzene rings is 1.